The molecule has 0 radical (unpaired) electrons. The highest BCUT2D eigenvalue weighted by atomic mass is 16.1. The molecule has 0 heterocycles. The normalized spacial score (nSPS) is 9.62. The monoisotopic (exact) mass is 179 g/mol. The lowest BCUT2D eigenvalue weighted by Gasteiger charge is -2.06. The zero-order chi connectivity index (χ0) is 9.84. The molecular formula is C9H13N3O. The van der Waals surface area contributed by atoms with E-state index in [1.54, 1.807) is 18.2 Å². The van der Waals surface area contributed by atoms with Crippen molar-refractivity contribution in [3.05, 3.63) is 23.8 Å². The lowest BCUT2D eigenvalue weighted by molar-refractivity contribution is 0.0957. The maximum absolute atomic E-state index is 11.4. The second kappa shape index (κ2) is 3.80. The van der Waals surface area contributed by atoms with Gasteiger partial charge in [0, 0.05) is 6.54 Å². The van der Waals surface area contributed by atoms with E-state index in [1.165, 1.54) is 0 Å². The number of rotatable bonds is 2. The molecule has 0 saturated carbocycles. The van der Waals surface area contributed by atoms with Gasteiger partial charge in [-0.05, 0) is 19.1 Å². The highest BCUT2D eigenvalue weighted by molar-refractivity contribution is 6.01. The van der Waals surface area contributed by atoms with Gasteiger partial charge in [-0.15, -0.1) is 0 Å². The smallest absolute Gasteiger partial charge is 0.253 e. The number of anilines is 2. The highest BCUT2D eigenvalue weighted by Gasteiger charge is 2.09. The topological polar surface area (TPSA) is 81.1 Å². The van der Waals surface area contributed by atoms with Crippen LogP contribution in [0.4, 0.5) is 11.4 Å². The molecule has 0 fully saturated rings. The van der Waals surface area contributed by atoms with Gasteiger partial charge in [0.25, 0.3) is 5.91 Å². The maximum Gasteiger partial charge on any atom is 0.253 e. The first kappa shape index (κ1) is 9.38. The lowest BCUT2D eigenvalue weighted by atomic mass is 10.1. The number of amides is 1. The molecule has 5 N–H and O–H groups in total. The number of nitrogen functional groups attached to an aromatic ring is 2. The van der Waals surface area contributed by atoms with E-state index in [-0.39, 0.29) is 5.91 Å². The first-order valence-corrected chi connectivity index (χ1v) is 4.09. The summed E-state index contributed by atoms with van der Waals surface area (Å²) in [5.41, 5.74) is 12.4. The van der Waals surface area contributed by atoms with Crippen LogP contribution in [-0.2, 0) is 0 Å². The van der Waals surface area contributed by atoms with Crippen molar-refractivity contribution in [1.82, 2.24) is 5.32 Å². The van der Waals surface area contributed by atoms with E-state index >= 15 is 0 Å². The Morgan fingerprint density at radius 1 is 1.46 bits per heavy atom. The second-order valence-electron chi connectivity index (χ2n) is 2.67. The van der Waals surface area contributed by atoms with Crippen LogP contribution in [0.25, 0.3) is 0 Å². The molecule has 0 aliphatic rings. The number of nitrogens with one attached hydrogen (secondary N) is 1. The SMILES string of the molecule is CCNC(=O)c1cccc(N)c1N. The molecular weight excluding hydrogens is 166 g/mol. The lowest BCUT2D eigenvalue weighted by Crippen LogP contribution is -2.23. The Kier molecular flexibility index (Phi) is 2.74. The van der Waals surface area contributed by atoms with Crippen LogP contribution in [0.2, 0.25) is 0 Å². The van der Waals surface area contributed by atoms with E-state index in [9.17, 15) is 4.79 Å². The summed E-state index contributed by atoms with van der Waals surface area (Å²) in [6.07, 6.45) is 0. The van der Waals surface area contributed by atoms with Gasteiger partial charge in [0.15, 0.2) is 0 Å². The Hall–Kier alpha value is -1.71. The van der Waals surface area contributed by atoms with E-state index < -0.39 is 0 Å². The molecule has 1 rings (SSSR count). The van der Waals surface area contributed by atoms with Crippen molar-refractivity contribution < 1.29 is 4.79 Å². The summed E-state index contributed by atoms with van der Waals surface area (Å²) >= 11 is 0. The third-order valence-electron chi connectivity index (χ3n) is 1.72. The van der Waals surface area contributed by atoms with Crippen LogP contribution >= 0.6 is 0 Å². The molecule has 0 spiro atoms. The molecule has 1 aromatic rings. The zero-order valence-corrected chi connectivity index (χ0v) is 7.50. The summed E-state index contributed by atoms with van der Waals surface area (Å²) in [5.74, 6) is -0.188. The standard InChI is InChI=1S/C9H13N3O/c1-2-12-9(13)6-4-3-5-7(10)8(6)11/h3-5H,2,10-11H2,1H3,(H,12,13). The van der Waals surface area contributed by atoms with Crippen LogP contribution in [0.3, 0.4) is 0 Å². The van der Waals surface area contributed by atoms with Gasteiger partial charge in [-0.25, -0.2) is 0 Å². The number of benzene rings is 1. The minimum Gasteiger partial charge on any atom is -0.397 e. The van der Waals surface area contributed by atoms with Crippen LogP contribution < -0.4 is 16.8 Å². The number of nitrogens with two attached hydrogens (primary N) is 2. The second-order valence-corrected chi connectivity index (χ2v) is 2.67. The summed E-state index contributed by atoms with van der Waals surface area (Å²) < 4.78 is 0. The van der Waals surface area contributed by atoms with Crippen molar-refractivity contribution in [1.29, 1.82) is 0 Å². The Labute approximate surface area is 76.9 Å². The van der Waals surface area contributed by atoms with Gasteiger partial charge in [0.05, 0.1) is 16.9 Å². The van der Waals surface area contributed by atoms with E-state index in [2.05, 4.69) is 5.32 Å². The van der Waals surface area contributed by atoms with Gasteiger partial charge in [-0.2, -0.15) is 0 Å². The first-order valence-electron chi connectivity index (χ1n) is 4.09. The average Bonchev–Trinajstić information content (AvgIpc) is 2.10. The molecule has 0 saturated heterocycles. The van der Waals surface area contributed by atoms with Gasteiger partial charge in [0.1, 0.15) is 0 Å². The van der Waals surface area contributed by atoms with Crippen LogP contribution in [0.1, 0.15) is 17.3 Å². The number of hydrogen-bond donors (Lipinski definition) is 3. The van der Waals surface area contributed by atoms with Gasteiger partial charge in [0.2, 0.25) is 0 Å². The molecule has 4 heteroatoms. The van der Waals surface area contributed by atoms with Crippen molar-refractivity contribution in [2.24, 2.45) is 0 Å². The molecule has 0 atom stereocenters. The van der Waals surface area contributed by atoms with Gasteiger partial charge >= 0.3 is 0 Å². The van der Waals surface area contributed by atoms with E-state index in [1.807, 2.05) is 6.92 Å². The highest BCUT2D eigenvalue weighted by Crippen LogP contribution is 2.18. The van der Waals surface area contributed by atoms with E-state index in [0.29, 0.717) is 23.5 Å². The van der Waals surface area contributed by atoms with Crippen molar-refractivity contribution in [2.45, 2.75) is 6.92 Å². The predicted octanol–water partition coefficient (Wildman–Crippen LogP) is 0.601. The summed E-state index contributed by atoms with van der Waals surface area (Å²) in [4.78, 5) is 11.4. The quantitative estimate of drug-likeness (QED) is 0.581. The minimum absolute atomic E-state index is 0.188. The van der Waals surface area contributed by atoms with Gasteiger partial charge in [-0.1, -0.05) is 6.07 Å². The van der Waals surface area contributed by atoms with Crippen molar-refractivity contribution in [2.75, 3.05) is 18.0 Å². The summed E-state index contributed by atoms with van der Waals surface area (Å²) in [6.45, 7) is 2.42. The average molecular weight is 179 g/mol. The molecule has 4 nitrogen and oxygen atoms in total. The molecule has 0 unspecified atom stereocenters. The Morgan fingerprint density at radius 3 is 2.77 bits per heavy atom. The number of carbonyl (C=O) groups is 1. The van der Waals surface area contributed by atoms with Crippen LogP contribution in [0, 0.1) is 0 Å². The summed E-state index contributed by atoms with van der Waals surface area (Å²) in [5, 5.41) is 2.66. The molecule has 70 valence electrons. The van der Waals surface area contributed by atoms with Crippen LogP contribution in [-0.4, -0.2) is 12.5 Å². The molecule has 1 aromatic carbocycles. The molecule has 0 bridgehead atoms. The fourth-order valence-corrected chi connectivity index (χ4v) is 1.04. The van der Waals surface area contributed by atoms with Crippen molar-refractivity contribution >= 4 is 17.3 Å². The van der Waals surface area contributed by atoms with Gasteiger partial charge in [-0.3, -0.25) is 4.79 Å². The molecule has 0 aliphatic carbocycles. The number of carbonyl (C=O) groups excluding carboxylic acids is 1. The third kappa shape index (κ3) is 1.90. The molecule has 0 aliphatic heterocycles. The molecule has 1 amide bonds. The van der Waals surface area contributed by atoms with Crippen molar-refractivity contribution in [3.8, 4) is 0 Å². The Balaban J connectivity index is 3.01. The first-order chi connectivity index (χ1) is 6.16. The van der Waals surface area contributed by atoms with Crippen LogP contribution in [0.5, 0.6) is 0 Å². The Morgan fingerprint density at radius 2 is 2.15 bits per heavy atom. The zero-order valence-electron chi connectivity index (χ0n) is 7.50. The minimum atomic E-state index is -0.188. The van der Waals surface area contributed by atoms with E-state index in [0.717, 1.165) is 0 Å². The Bertz CT molecular complexity index is 323. The predicted molar refractivity (Wildman–Crippen MR) is 53.3 cm³/mol. The third-order valence-corrected chi connectivity index (χ3v) is 1.72. The largest absolute Gasteiger partial charge is 0.397 e. The van der Waals surface area contributed by atoms with E-state index in [4.69, 9.17) is 11.5 Å². The van der Waals surface area contributed by atoms with Gasteiger partial charge < -0.3 is 16.8 Å². The summed E-state index contributed by atoms with van der Waals surface area (Å²) in [7, 11) is 0. The number of hydrogen-bond acceptors (Lipinski definition) is 3. The van der Waals surface area contributed by atoms with Crippen molar-refractivity contribution in [3.63, 3.8) is 0 Å². The molecule has 0 aromatic heterocycles. The summed E-state index contributed by atoms with van der Waals surface area (Å²) in [6, 6.07) is 5.02. The molecule has 13 heavy (non-hydrogen) atoms. The fraction of sp³-hybridized carbons (Fsp3) is 0.222. The number of para-hydroxylation sites is 1. The fourth-order valence-electron chi connectivity index (χ4n) is 1.04. The maximum atomic E-state index is 11.4. The van der Waals surface area contributed by atoms with Crippen LogP contribution in [0.15, 0.2) is 18.2 Å².